The molecular formula is C25H29F2N7O2. The van der Waals surface area contributed by atoms with Gasteiger partial charge in [-0.1, -0.05) is 12.1 Å². The summed E-state index contributed by atoms with van der Waals surface area (Å²) in [5, 5.41) is 7.28. The van der Waals surface area contributed by atoms with Gasteiger partial charge in [-0.05, 0) is 43.7 Å². The molecule has 1 aromatic carbocycles. The van der Waals surface area contributed by atoms with E-state index in [-0.39, 0.29) is 5.91 Å². The quantitative estimate of drug-likeness (QED) is 0.354. The maximum absolute atomic E-state index is 13.0. The highest BCUT2D eigenvalue weighted by Crippen LogP contribution is 2.25. The van der Waals surface area contributed by atoms with E-state index in [0.717, 1.165) is 23.7 Å². The molecule has 11 heteroatoms. The topological polar surface area (TPSA) is 126 Å². The molecule has 5 N–H and O–H groups in total. The van der Waals surface area contributed by atoms with Crippen molar-refractivity contribution in [2.45, 2.75) is 32.2 Å². The number of carbonyl (C=O) groups excluding carboxylic acids is 2. The van der Waals surface area contributed by atoms with E-state index < -0.39 is 24.0 Å². The Morgan fingerprint density at radius 3 is 2.61 bits per heavy atom. The van der Waals surface area contributed by atoms with Crippen molar-refractivity contribution in [2.24, 2.45) is 10.7 Å². The van der Waals surface area contributed by atoms with Crippen LogP contribution >= 0.6 is 0 Å². The third-order valence-corrected chi connectivity index (χ3v) is 5.31. The molecule has 0 fully saturated rings. The van der Waals surface area contributed by atoms with Crippen molar-refractivity contribution in [3.63, 3.8) is 0 Å². The molecule has 0 atom stereocenters. The third kappa shape index (κ3) is 6.44. The van der Waals surface area contributed by atoms with Gasteiger partial charge < -0.3 is 21.7 Å². The van der Waals surface area contributed by atoms with Crippen LogP contribution in [0.25, 0.3) is 22.5 Å². The number of imidazole rings is 1. The fourth-order valence-electron chi connectivity index (χ4n) is 3.35. The fraction of sp³-hybridized carbons (Fsp3) is 0.280. The first-order chi connectivity index (χ1) is 16.9. The first-order valence-corrected chi connectivity index (χ1v) is 11.1. The highest BCUT2D eigenvalue weighted by molar-refractivity contribution is 6.10. The average Bonchev–Trinajstić information content (AvgIpc) is 3.26. The summed E-state index contributed by atoms with van der Waals surface area (Å²) in [6, 6.07) is 9.93. The van der Waals surface area contributed by atoms with Gasteiger partial charge in [0.2, 0.25) is 5.91 Å². The van der Waals surface area contributed by atoms with Crippen LogP contribution in [0.3, 0.4) is 0 Å². The molecule has 0 unspecified atom stereocenters. The molecule has 0 aliphatic carbocycles. The average molecular weight is 498 g/mol. The van der Waals surface area contributed by atoms with Crippen LogP contribution in [-0.2, 0) is 4.79 Å². The van der Waals surface area contributed by atoms with Gasteiger partial charge in [0.25, 0.3) is 5.92 Å². The first-order valence-electron chi connectivity index (χ1n) is 11.1. The summed E-state index contributed by atoms with van der Waals surface area (Å²) in [4.78, 5) is 32.8. The smallest absolute Gasteiger partial charge is 0.319 e. The fourth-order valence-corrected chi connectivity index (χ4v) is 3.35. The molecule has 190 valence electrons. The summed E-state index contributed by atoms with van der Waals surface area (Å²) in [6.07, 6.45) is 6.47. The second-order valence-electron chi connectivity index (χ2n) is 8.76. The van der Waals surface area contributed by atoms with E-state index in [4.69, 9.17) is 5.73 Å². The zero-order chi connectivity index (χ0) is 26.5. The number of allylic oxidation sites excluding steroid dienone is 1. The van der Waals surface area contributed by atoms with Crippen molar-refractivity contribution in [2.75, 3.05) is 18.9 Å². The predicted octanol–water partition coefficient (Wildman–Crippen LogP) is 3.67. The number of likely N-dealkylation sites (N-methyl/N-ethyl adjacent to an activating group) is 1. The molecule has 0 radical (unpaired) electrons. The number of alkyl halides is 2. The number of aromatic nitrogens is 2. The van der Waals surface area contributed by atoms with E-state index in [9.17, 15) is 18.4 Å². The lowest BCUT2D eigenvalue weighted by Crippen LogP contribution is -2.38. The first kappa shape index (κ1) is 26.3. The van der Waals surface area contributed by atoms with Crippen LogP contribution in [0, 0.1) is 0 Å². The SMILES string of the molecule is CNC(=O)C(C)(C)N=CC(=CN)c1ccn2c(-c3cccc(NC(=O)NCC(C)(F)F)c3)cnc2c1. The van der Waals surface area contributed by atoms with E-state index in [2.05, 4.69) is 25.9 Å². The van der Waals surface area contributed by atoms with Crippen LogP contribution in [0.1, 0.15) is 26.3 Å². The number of hydrogen-bond donors (Lipinski definition) is 4. The van der Waals surface area contributed by atoms with E-state index in [1.807, 2.05) is 28.8 Å². The van der Waals surface area contributed by atoms with Gasteiger partial charge in [-0.25, -0.2) is 18.6 Å². The Balaban J connectivity index is 1.83. The highest BCUT2D eigenvalue weighted by Gasteiger charge is 2.25. The van der Waals surface area contributed by atoms with Crippen molar-refractivity contribution >= 4 is 35.1 Å². The summed E-state index contributed by atoms with van der Waals surface area (Å²) in [5.41, 5.74) is 8.85. The number of nitrogens with one attached hydrogen (secondary N) is 3. The minimum atomic E-state index is -3.00. The summed E-state index contributed by atoms with van der Waals surface area (Å²) in [7, 11) is 1.55. The van der Waals surface area contributed by atoms with Crippen molar-refractivity contribution in [3.05, 3.63) is 60.6 Å². The van der Waals surface area contributed by atoms with Gasteiger partial charge in [-0.2, -0.15) is 0 Å². The Labute approximate surface area is 207 Å². The molecule has 3 aromatic rings. The predicted molar refractivity (Wildman–Crippen MR) is 137 cm³/mol. The van der Waals surface area contributed by atoms with Gasteiger partial charge in [0.05, 0.1) is 18.4 Å². The Bertz CT molecular complexity index is 1320. The zero-order valence-corrected chi connectivity index (χ0v) is 20.5. The number of urea groups is 1. The van der Waals surface area contributed by atoms with Crippen LogP contribution in [0.4, 0.5) is 19.3 Å². The Morgan fingerprint density at radius 2 is 1.94 bits per heavy atom. The molecule has 2 heterocycles. The Morgan fingerprint density at radius 1 is 1.19 bits per heavy atom. The molecule has 36 heavy (non-hydrogen) atoms. The standard InChI is InChI=1S/C25H29F2N7O2/c1-24(2,22(35)29-4)32-13-18(12-28)16-8-9-34-20(14-30-21(34)11-16)17-6-5-7-19(10-17)33-23(36)31-15-25(3,26)27/h5-14H,15,28H2,1-4H3,(H,29,35)(H2,31,33,36). The number of nitrogens with two attached hydrogens (primary N) is 1. The number of nitrogens with zero attached hydrogens (tertiary/aromatic N) is 3. The van der Waals surface area contributed by atoms with Crippen LogP contribution in [0.15, 0.2) is 60.0 Å². The van der Waals surface area contributed by atoms with Gasteiger partial charge in [0.15, 0.2) is 0 Å². The maximum Gasteiger partial charge on any atom is 0.319 e. The lowest BCUT2D eigenvalue weighted by molar-refractivity contribution is -0.124. The molecule has 0 bridgehead atoms. The highest BCUT2D eigenvalue weighted by atomic mass is 19.3. The number of rotatable bonds is 8. The number of aliphatic imine (C=N–C) groups is 1. The minimum Gasteiger partial charge on any atom is -0.404 e. The molecule has 0 aliphatic rings. The molecule has 2 aromatic heterocycles. The van der Waals surface area contributed by atoms with Gasteiger partial charge >= 0.3 is 6.03 Å². The lowest BCUT2D eigenvalue weighted by atomic mass is 10.0. The molecule has 0 spiro atoms. The number of hydrogen-bond acceptors (Lipinski definition) is 5. The van der Waals surface area contributed by atoms with Crippen LogP contribution in [0.2, 0.25) is 0 Å². The third-order valence-electron chi connectivity index (χ3n) is 5.31. The van der Waals surface area contributed by atoms with Crippen LogP contribution in [-0.4, -0.2) is 52.6 Å². The summed E-state index contributed by atoms with van der Waals surface area (Å²) >= 11 is 0. The number of carbonyl (C=O) groups is 2. The second-order valence-corrected chi connectivity index (χ2v) is 8.76. The zero-order valence-electron chi connectivity index (χ0n) is 20.5. The van der Waals surface area contributed by atoms with Gasteiger partial charge in [0, 0.05) is 49.4 Å². The normalized spacial score (nSPS) is 12.7. The number of halogens is 2. The summed E-state index contributed by atoms with van der Waals surface area (Å²) < 4.78 is 27.8. The summed E-state index contributed by atoms with van der Waals surface area (Å²) in [5.74, 6) is -3.22. The number of anilines is 1. The number of pyridine rings is 1. The molecule has 0 aliphatic heterocycles. The Kier molecular flexibility index (Phi) is 7.71. The molecule has 3 rings (SSSR count). The van der Waals surface area contributed by atoms with E-state index in [1.54, 1.807) is 51.5 Å². The minimum absolute atomic E-state index is 0.221. The molecular weight excluding hydrogens is 468 g/mol. The van der Waals surface area contributed by atoms with Crippen molar-refractivity contribution in [1.29, 1.82) is 0 Å². The number of benzene rings is 1. The van der Waals surface area contributed by atoms with Crippen LogP contribution in [0.5, 0.6) is 0 Å². The number of amides is 3. The van der Waals surface area contributed by atoms with E-state index in [1.165, 1.54) is 6.20 Å². The molecule has 0 saturated heterocycles. The molecule has 9 nitrogen and oxygen atoms in total. The van der Waals surface area contributed by atoms with Crippen molar-refractivity contribution < 1.29 is 18.4 Å². The molecule has 3 amide bonds. The molecule has 0 saturated carbocycles. The van der Waals surface area contributed by atoms with Crippen molar-refractivity contribution in [1.82, 2.24) is 20.0 Å². The monoisotopic (exact) mass is 497 g/mol. The second kappa shape index (κ2) is 10.5. The summed E-state index contributed by atoms with van der Waals surface area (Å²) in [6.45, 7) is 3.37. The largest absolute Gasteiger partial charge is 0.404 e. The number of fused-ring (bicyclic) bond motifs is 1. The lowest BCUT2D eigenvalue weighted by Gasteiger charge is -2.17. The van der Waals surface area contributed by atoms with Crippen LogP contribution < -0.4 is 21.7 Å². The van der Waals surface area contributed by atoms with E-state index >= 15 is 0 Å². The maximum atomic E-state index is 13.0. The van der Waals surface area contributed by atoms with Gasteiger partial charge in [-0.3, -0.25) is 14.2 Å². The van der Waals surface area contributed by atoms with E-state index in [0.29, 0.717) is 16.9 Å². The Hall–Kier alpha value is -4.28. The van der Waals surface area contributed by atoms with Gasteiger partial charge in [0.1, 0.15) is 11.2 Å². The van der Waals surface area contributed by atoms with Gasteiger partial charge in [-0.15, -0.1) is 0 Å². The van der Waals surface area contributed by atoms with Crippen molar-refractivity contribution in [3.8, 4) is 11.3 Å².